The Kier molecular flexibility index (Phi) is 5.60. The second-order valence-electron chi connectivity index (χ2n) is 4.90. The molecule has 1 aromatic heterocycles. The van der Waals surface area contributed by atoms with Crippen molar-refractivity contribution in [3.8, 4) is 0 Å². The monoisotopic (exact) mass is 321 g/mol. The highest BCUT2D eigenvalue weighted by Crippen LogP contribution is 2.24. The molecule has 1 atom stereocenters. The van der Waals surface area contributed by atoms with E-state index in [2.05, 4.69) is 10.6 Å². The Morgan fingerprint density at radius 2 is 2.14 bits per heavy atom. The van der Waals surface area contributed by atoms with Gasteiger partial charge in [0.1, 0.15) is 6.04 Å². The fourth-order valence-electron chi connectivity index (χ4n) is 2.29. The van der Waals surface area contributed by atoms with E-state index in [1.807, 2.05) is 11.4 Å². The van der Waals surface area contributed by atoms with Crippen LogP contribution in [-0.4, -0.2) is 55.7 Å². The number of carbonyl (C=O) groups excluding carboxylic acids is 1. The van der Waals surface area contributed by atoms with Gasteiger partial charge in [-0.15, -0.1) is 11.3 Å². The molecule has 1 aliphatic rings. The van der Waals surface area contributed by atoms with E-state index in [4.69, 9.17) is 0 Å². The molecule has 2 rings (SSSR count). The van der Waals surface area contributed by atoms with Crippen LogP contribution in [0.25, 0.3) is 0 Å². The second-order valence-corrected chi connectivity index (χ2v) is 5.94. The Labute approximate surface area is 125 Å². The molecule has 1 aliphatic heterocycles. The van der Waals surface area contributed by atoms with Gasteiger partial charge in [0.25, 0.3) is 0 Å². The lowest BCUT2D eigenvalue weighted by Gasteiger charge is -2.35. The van der Waals surface area contributed by atoms with Crippen molar-refractivity contribution in [3.63, 3.8) is 0 Å². The molecule has 0 bridgehead atoms. The normalized spacial score (nSPS) is 18.4. The number of alkyl halides is 3. The second kappa shape index (κ2) is 7.24. The molecular formula is C13H18F3N3OS. The first kappa shape index (κ1) is 16.3. The molecule has 2 N–H and O–H groups in total. The minimum atomic E-state index is -4.34. The van der Waals surface area contributed by atoms with Gasteiger partial charge in [-0.2, -0.15) is 13.2 Å². The average Bonchev–Trinajstić information content (AvgIpc) is 2.91. The van der Waals surface area contributed by atoms with Crippen LogP contribution >= 0.6 is 11.3 Å². The van der Waals surface area contributed by atoms with Crippen LogP contribution < -0.4 is 10.6 Å². The summed E-state index contributed by atoms with van der Waals surface area (Å²) < 4.78 is 39.4. The van der Waals surface area contributed by atoms with E-state index >= 15 is 0 Å². The Balaban J connectivity index is 1.88. The molecule has 0 radical (unpaired) electrons. The molecule has 4 nitrogen and oxygen atoms in total. The fraction of sp³-hybridized carbons (Fsp3) is 0.615. The van der Waals surface area contributed by atoms with Crippen LogP contribution in [0.5, 0.6) is 0 Å². The molecule has 21 heavy (non-hydrogen) atoms. The third kappa shape index (κ3) is 4.98. The number of hydrogen-bond donors (Lipinski definition) is 2. The quantitative estimate of drug-likeness (QED) is 0.858. The topological polar surface area (TPSA) is 44.4 Å². The lowest BCUT2D eigenvalue weighted by molar-refractivity contribution is -0.184. The van der Waals surface area contributed by atoms with Crippen LogP contribution in [0.3, 0.4) is 0 Å². The summed E-state index contributed by atoms with van der Waals surface area (Å²) in [7, 11) is 0. The zero-order chi connectivity index (χ0) is 15.3. The smallest absolute Gasteiger partial charge is 0.354 e. The summed E-state index contributed by atoms with van der Waals surface area (Å²) in [6.07, 6.45) is -4.21. The third-order valence-corrected chi connectivity index (χ3v) is 4.25. The van der Waals surface area contributed by atoms with Crippen molar-refractivity contribution in [2.75, 3.05) is 32.7 Å². The SMILES string of the molecule is O=C(Cc1cccs1)NCC(N1CCNCC1)C(F)(F)F. The predicted molar refractivity (Wildman–Crippen MR) is 75.3 cm³/mol. The lowest BCUT2D eigenvalue weighted by Crippen LogP contribution is -2.57. The first-order valence-corrected chi connectivity index (χ1v) is 7.65. The summed E-state index contributed by atoms with van der Waals surface area (Å²) in [5, 5.41) is 7.27. The van der Waals surface area contributed by atoms with Crippen LogP contribution in [0.15, 0.2) is 17.5 Å². The van der Waals surface area contributed by atoms with Crippen molar-refractivity contribution in [3.05, 3.63) is 22.4 Å². The molecule has 1 saturated heterocycles. The fourth-order valence-corrected chi connectivity index (χ4v) is 2.99. The number of halogens is 3. The maximum Gasteiger partial charge on any atom is 0.405 e. The van der Waals surface area contributed by atoms with Crippen molar-refractivity contribution in [1.82, 2.24) is 15.5 Å². The number of hydrogen-bond acceptors (Lipinski definition) is 4. The molecule has 0 spiro atoms. The standard InChI is InChI=1S/C13H18F3N3OS/c14-13(15,16)11(19-5-3-17-4-6-19)9-18-12(20)8-10-2-1-7-21-10/h1-2,7,11,17H,3-6,8-9H2,(H,18,20). The van der Waals surface area contributed by atoms with Crippen molar-refractivity contribution in [1.29, 1.82) is 0 Å². The summed E-state index contributed by atoms with van der Waals surface area (Å²) in [6, 6.07) is 1.99. The van der Waals surface area contributed by atoms with Crippen LogP contribution in [0.2, 0.25) is 0 Å². The van der Waals surface area contributed by atoms with Crippen molar-refractivity contribution >= 4 is 17.2 Å². The van der Waals surface area contributed by atoms with Gasteiger partial charge in [0.15, 0.2) is 0 Å². The van der Waals surface area contributed by atoms with E-state index in [0.717, 1.165) is 4.88 Å². The Hall–Kier alpha value is -1.12. The van der Waals surface area contributed by atoms with E-state index < -0.39 is 18.8 Å². The molecule has 0 aromatic carbocycles. The van der Waals surface area contributed by atoms with E-state index in [1.54, 1.807) is 6.07 Å². The Morgan fingerprint density at radius 1 is 1.43 bits per heavy atom. The van der Waals surface area contributed by atoms with E-state index in [0.29, 0.717) is 26.2 Å². The Bertz CT molecular complexity index is 444. The number of rotatable bonds is 5. The molecule has 0 saturated carbocycles. The molecular weight excluding hydrogens is 303 g/mol. The summed E-state index contributed by atoms with van der Waals surface area (Å²) in [5.41, 5.74) is 0. The molecule has 1 unspecified atom stereocenters. The summed E-state index contributed by atoms with van der Waals surface area (Å²) in [5.74, 6) is -0.373. The number of amides is 1. The van der Waals surface area contributed by atoms with Crippen molar-refractivity contribution in [2.45, 2.75) is 18.6 Å². The van der Waals surface area contributed by atoms with Gasteiger partial charge in [0.05, 0.1) is 6.42 Å². The van der Waals surface area contributed by atoms with Gasteiger partial charge in [-0.05, 0) is 11.4 Å². The molecule has 1 fully saturated rings. The molecule has 2 heterocycles. The number of nitrogens with one attached hydrogen (secondary N) is 2. The summed E-state index contributed by atoms with van der Waals surface area (Å²) >= 11 is 1.42. The van der Waals surface area contributed by atoms with E-state index in [1.165, 1.54) is 16.2 Å². The van der Waals surface area contributed by atoms with Gasteiger partial charge < -0.3 is 10.6 Å². The minimum Gasteiger partial charge on any atom is -0.354 e. The first-order chi connectivity index (χ1) is 9.97. The van der Waals surface area contributed by atoms with Gasteiger partial charge in [0.2, 0.25) is 5.91 Å². The molecule has 8 heteroatoms. The third-order valence-electron chi connectivity index (χ3n) is 3.38. The predicted octanol–water partition coefficient (Wildman–Crippen LogP) is 1.24. The van der Waals surface area contributed by atoms with Gasteiger partial charge >= 0.3 is 6.18 Å². The zero-order valence-corrected chi connectivity index (χ0v) is 12.3. The maximum atomic E-state index is 13.1. The lowest BCUT2D eigenvalue weighted by atomic mass is 10.2. The number of thiophene rings is 1. The average molecular weight is 321 g/mol. The summed E-state index contributed by atoms with van der Waals surface area (Å²) in [4.78, 5) is 13.9. The van der Waals surface area contributed by atoms with E-state index in [9.17, 15) is 18.0 Å². The zero-order valence-electron chi connectivity index (χ0n) is 11.4. The number of nitrogens with zero attached hydrogens (tertiary/aromatic N) is 1. The van der Waals surface area contributed by atoms with Crippen LogP contribution in [0.1, 0.15) is 4.88 Å². The van der Waals surface area contributed by atoms with Crippen molar-refractivity contribution < 1.29 is 18.0 Å². The molecule has 1 amide bonds. The highest BCUT2D eigenvalue weighted by atomic mass is 32.1. The molecule has 0 aliphatic carbocycles. The van der Waals surface area contributed by atoms with Gasteiger partial charge in [0, 0.05) is 37.6 Å². The van der Waals surface area contributed by atoms with Crippen LogP contribution in [0, 0.1) is 0 Å². The first-order valence-electron chi connectivity index (χ1n) is 6.77. The molecule has 1 aromatic rings. The maximum absolute atomic E-state index is 13.1. The number of piperazine rings is 1. The molecule has 118 valence electrons. The van der Waals surface area contributed by atoms with Gasteiger partial charge in [-0.25, -0.2) is 0 Å². The minimum absolute atomic E-state index is 0.129. The summed E-state index contributed by atoms with van der Waals surface area (Å²) in [6.45, 7) is 1.36. The van der Waals surface area contributed by atoms with E-state index in [-0.39, 0.29) is 12.3 Å². The highest BCUT2D eigenvalue weighted by Gasteiger charge is 2.43. The van der Waals surface area contributed by atoms with Crippen LogP contribution in [-0.2, 0) is 11.2 Å². The number of carbonyl (C=O) groups is 1. The van der Waals surface area contributed by atoms with Gasteiger partial charge in [-0.3, -0.25) is 9.69 Å². The van der Waals surface area contributed by atoms with Gasteiger partial charge in [-0.1, -0.05) is 6.07 Å². The highest BCUT2D eigenvalue weighted by molar-refractivity contribution is 7.10. The largest absolute Gasteiger partial charge is 0.405 e. The Morgan fingerprint density at radius 3 is 2.71 bits per heavy atom. The van der Waals surface area contributed by atoms with Crippen LogP contribution in [0.4, 0.5) is 13.2 Å². The van der Waals surface area contributed by atoms with Crippen molar-refractivity contribution in [2.24, 2.45) is 0 Å².